The quantitative estimate of drug-likeness (QED) is 0.829. The Bertz CT molecular complexity index is 561. The van der Waals surface area contributed by atoms with E-state index in [0.717, 1.165) is 5.56 Å². The highest BCUT2D eigenvalue weighted by molar-refractivity contribution is 6.28. The lowest BCUT2D eigenvalue weighted by Gasteiger charge is -2.08. The summed E-state index contributed by atoms with van der Waals surface area (Å²) < 4.78 is 0. The van der Waals surface area contributed by atoms with Gasteiger partial charge in [-0.2, -0.15) is 4.98 Å². The monoisotopic (exact) mass is 263 g/mol. The second-order valence-electron chi connectivity index (χ2n) is 3.55. The number of aromatic nitrogens is 2. The number of rotatable bonds is 4. The predicted octanol–water partition coefficient (Wildman–Crippen LogP) is 2.44. The largest absolute Gasteiger partial charge is 0.477 e. The van der Waals surface area contributed by atoms with Gasteiger partial charge in [-0.1, -0.05) is 30.3 Å². The maximum atomic E-state index is 11.0. The molecular formula is C12H10ClN3O2. The minimum atomic E-state index is -1.10. The van der Waals surface area contributed by atoms with Gasteiger partial charge in [0.05, 0.1) is 0 Å². The van der Waals surface area contributed by atoms with Gasteiger partial charge in [-0.15, -0.1) is 0 Å². The summed E-state index contributed by atoms with van der Waals surface area (Å²) in [4.78, 5) is 18.5. The fourth-order valence-electron chi connectivity index (χ4n) is 1.43. The first-order chi connectivity index (χ1) is 8.66. The molecule has 18 heavy (non-hydrogen) atoms. The van der Waals surface area contributed by atoms with E-state index in [1.54, 1.807) is 0 Å². The Kier molecular flexibility index (Phi) is 3.74. The fraction of sp³-hybridized carbons (Fsp3) is 0.0833. The number of hydrogen-bond donors (Lipinski definition) is 2. The third-order valence-corrected chi connectivity index (χ3v) is 2.47. The van der Waals surface area contributed by atoms with Crippen LogP contribution in [-0.4, -0.2) is 21.0 Å². The minimum Gasteiger partial charge on any atom is -0.477 e. The van der Waals surface area contributed by atoms with Crippen LogP contribution >= 0.6 is 11.6 Å². The van der Waals surface area contributed by atoms with Gasteiger partial charge in [0.15, 0.2) is 0 Å². The molecule has 2 N–H and O–H groups in total. The first-order valence-corrected chi connectivity index (χ1v) is 5.58. The van der Waals surface area contributed by atoms with Gasteiger partial charge in [0.2, 0.25) is 5.28 Å². The van der Waals surface area contributed by atoms with Crippen molar-refractivity contribution in [1.29, 1.82) is 0 Å². The molecule has 0 atom stereocenters. The molecule has 2 aromatic rings. The van der Waals surface area contributed by atoms with Gasteiger partial charge in [0, 0.05) is 12.7 Å². The lowest BCUT2D eigenvalue weighted by Crippen LogP contribution is -2.09. The lowest BCUT2D eigenvalue weighted by molar-refractivity contribution is 0.0697. The number of nitrogens with one attached hydrogen (secondary N) is 1. The van der Waals surface area contributed by atoms with Crippen molar-refractivity contribution in [1.82, 2.24) is 9.97 Å². The number of halogens is 1. The van der Waals surface area contributed by atoms with Crippen molar-refractivity contribution >= 4 is 23.4 Å². The summed E-state index contributed by atoms with van der Waals surface area (Å²) in [6.07, 6.45) is 1.19. The maximum Gasteiger partial charge on any atom is 0.341 e. The summed E-state index contributed by atoms with van der Waals surface area (Å²) in [5.74, 6) is -0.881. The molecule has 1 aromatic carbocycles. The van der Waals surface area contributed by atoms with Crippen molar-refractivity contribution < 1.29 is 9.90 Å². The number of carboxylic acid groups (broad SMARTS) is 1. The molecular weight excluding hydrogens is 254 g/mol. The van der Waals surface area contributed by atoms with Crippen molar-refractivity contribution in [3.05, 3.63) is 52.9 Å². The van der Waals surface area contributed by atoms with Crippen LogP contribution in [0.1, 0.15) is 15.9 Å². The molecule has 0 spiro atoms. The van der Waals surface area contributed by atoms with Crippen LogP contribution in [-0.2, 0) is 6.54 Å². The van der Waals surface area contributed by atoms with Crippen LogP contribution < -0.4 is 5.32 Å². The Morgan fingerprint density at radius 1 is 1.33 bits per heavy atom. The molecule has 0 fully saturated rings. The topological polar surface area (TPSA) is 75.1 Å². The van der Waals surface area contributed by atoms with Gasteiger partial charge in [0.1, 0.15) is 11.4 Å². The zero-order chi connectivity index (χ0) is 13.0. The first-order valence-electron chi connectivity index (χ1n) is 5.20. The van der Waals surface area contributed by atoms with Gasteiger partial charge in [-0.3, -0.25) is 0 Å². The number of aromatic carboxylic acids is 1. The smallest absolute Gasteiger partial charge is 0.341 e. The third kappa shape index (κ3) is 2.95. The number of anilines is 1. The van der Waals surface area contributed by atoms with Crippen molar-refractivity contribution in [2.24, 2.45) is 0 Å². The van der Waals surface area contributed by atoms with E-state index in [-0.39, 0.29) is 16.7 Å². The number of carboxylic acids is 1. The zero-order valence-electron chi connectivity index (χ0n) is 9.30. The summed E-state index contributed by atoms with van der Waals surface area (Å²) >= 11 is 5.65. The van der Waals surface area contributed by atoms with Crippen LogP contribution in [0.15, 0.2) is 36.5 Å². The molecule has 1 aromatic heterocycles. The van der Waals surface area contributed by atoms with E-state index in [9.17, 15) is 4.79 Å². The second-order valence-corrected chi connectivity index (χ2v) is 3.88. The van der Waals surface area contributed by atoms with Gasteiger partial charge < -0.3 is 10.4 Å². The molecule has 6 heteroatoms. The molecule has 2 rings (SSSR count). The van der Waals surface area contributed by atoms with E-state index in [0.29, 0.717) is 6.54 Å². The van der Waals surface area contributed by atoms with E-state index in [1.807, 2.05) is 30.3 Å². The molecule has 0 bridgehead atoms. The standard InChI is InChI=1S/C12H10ClN3O2/c13-12-15-7-9(11(17)18)10(16-12)14-6-8-4-2-1-3-5-8/h1-5,7H,6H2,(H,17,18)(H,14,15,16). The van der Waals surface area contributed by atoms with Crippen LogP contribution in [0.2, 0.25) is 5.28 Å². The summed E-state index contributed by atoms with van der Waals surface area (Å²) in [6, 6.07) is 9.57. The van der Waals surface area contributed by atoms with Crippen molar-refractivity contribution in [3.63, 3.8) is 0 Å². The number of nitrogens with zero attached hydrogens (tertiary/aromatic N) is 2. The zero-order valence-corrected chi connectivity index (χ0v) is 10.1. The molecule has 0 saturated carbocycles. The Morgan fingerprint density at radius 2 is 2.06 bits per heavy atom. The molecule has 1 heterocycles. The lowest BCUT2D eigenvalue weighted by atomic mass is 10.2. The Labute approximate surface area is 108 Å². The summed E-state index contributed by atoms with van der Waals surface area (Å²) in [6.45, 7) is 0.467. The van der Waals surface area contributed by atoms with Crippen LogP contribution in [0, 0.1) is 0 Å². The maximum absolute atomic E-state index is 11.0. The Hall–Kier alpha value is -2.14. The van der Waals surface area contributed by atoms with Crippen LogP contribution in [0.25, 0.3) is 0 Å². The summed E-state index contributed by atoms with van der Waals surface area (Å²) in [7, 11) is 0. The van der Waals surface area contributed by atoms with Crippen molar-refractivity contribution in [3.8, 4) is 0 Å². The van der Waals surface area contributed by atoms with Crippen LogP contribution in [0.3, 0.4) is 0 Å². The molecule has 0 saturated heterocycles. The molecule has 5 nitrogen and oxygen atoms in total. The van der Waals surface area contributed by atoms with Crippen molar-refractivity contribution in [2.75, 3.05) is 5.32 Å². The molecule has 0 aliphatic rings. The average molecular weight is 264 g/mol. The van der Waals surface area contributed by atoms with Gasteiger partial charge >= 0.3 is 5.97 Å². The summed E-state index contributed by atoms with van der Waals surface area (Å²) in [5, 5.41) is 11.9. The van der Waals surface area contributed by atoms with Gasteiger partial charge in [0.25, 0.3) is 0 Å². The van der Waals surface area contributed by atoms with E-state index >= 15 is 0 Å². The molecule has 0 aliphatic heterocycles. The Balaban J connectivity index is 2.18. The predicted molar refractivity (Wildman–Crippen MR) is 67.8 cm³/mol. The van der Waals surface area contributed by atoms with Crippen LogP contribution in [0.5, 0.6) is 0 Å². The SMILES string of the molecule is O=C(O)c1cnc(Cl)nc1NCc1ccccc1. The van der Waals surface area contributed by atoms with E-state index in [1.165, 1.54) is 6.20 Å². The fourth-order valence-corrected chi connectivity index (χ4v) is 1.57. The minimum absolute atomic E-state index is 0.00432. The van der Waals surface area contributed by atoms with E-state index in [4.69, 9.17) is 16.7 Å². The first kappa shape index (κ1) is 12.3. The van der Waals surface area contributed by atoms with Crippen molar-refractivity contribution in [2.45, 2.75) is 6.54 Å². The number of carbonyl (C=O) groups is 1. The van der Waals surface area contributed by atoms with E-state index < -0.39 is 5.97 Å². The highest BCUT2D eigenvalue weighted by atomic mass is 35.5. The highest BCUT2D eigenvalue weighted by Crippen LogP contribution is 2.15. The molecule has 0 radical (unpaired) electrons. The third-order valence-electron chi connectivity index (χ3n) is 2.29. The average Bonchev–Trinajstić information content (AvgIpc) is 2.37. The summed E-state index contributed by atoms with van der Waals surface area (Å²) in [5.41, 5.74) is 1.01. The van der Waals surface area contributed by atoms with Crippen LogP contribution in [0.4, 0.5) is 5.82 Å². The van der Waals surface area contributed by atoms with Gasteiger partial charge in [-0.25, -0.2) is 9.78 Å². The molecule has 0 unspecified atom stereocenters. The molecule has 0 amide bonds. The number of hydrogen-bond acceptors (Lipinski definition) is 4. The number of benzene rings is 1. The Morgan fingerprint density at radius 3 is 2.72 bits per heavy atom. The normalized spacial score (nSPS) is 10.1. The highest BCUT2D eigenvalue weighted by Gasteiger charge is 2.12. The van der Waals surface area contributed by atoms with E-state index in [2.05, 4.69) is 15.3 Å². The van der Waals surface area contributed by atoms with Gasteiger partial charge in [-0.05, 0) is 17.2 Å². The molecule has 92 valence electrons. The second kappa shape index (κ2) is 5.46. The molecule has 0 aliphatic carbocycles.